The number of hydrogen-bond donors (Lipinski definition) is 1. The number of ketones is 1. The largest absolute Gasteiger partial charge is 0.383 e. The summed E-state index contributed by atoms with van der Waals surface area (Å²) in [4.78, 5) is 15.8. The number of halogens is 2. The van der Waals surface area contributed by atoms with E-state index in [9.17, 15) is 9.18 Å². The van der Waals surface area contributed by atoms with Gasteiger partial charge in [-0.2, -0.15) is 0 Å². The lowest BCUT2D eigenvalue weighted by molar-refractivity contribution is 0.103. The molecule has 17 heavy (non-hydrogen) atoms. The Balaban J connectivity index is 2.43. The van der Waals surface area contributed by atoms with Crippen LogP contribution in [-0.4, -0.2) is 10.8 Å². The summed E-state index contributed by atoms with van der Waals surface area (Å²) in [5, 5.41) is 0.324. The molecule has 0 spiro atoms. The van der Waals surface area contributed by atoms with E-state index in [1.807, 2.05) is 0 Å². The Morgan fingerprint density at radius 2 is 1.94 bits per heavy atom. The third kappa shape index (κ3) is 2.42. The molecule has 0 fully saturated rings. The molecule has 0 amide bonds. The van der Waals surface area contributed by atoms with Crippen LogP contribution in [-0.2, 0) is 0 Å². The van der Waals surface area contributed by atoms with Gasteiger partial charge >= 0.3 is 0 Å². The summed E-state index contributed by atoms with van der Waals surface area (Å²) in [6, 6.07) is 6.63. The quantitative estimate of drug-likeness (QED) is 0.834. The SMILES string of the molecule is Nc1ncc(Cl)cc1C(=O)c1ccc(F)cc1. The fourth-order valence-corrected chi connectivity index (χ4v) is 1.55. The van der Waals surface area contributed by atoms with Crippen molar-refractivity contribution in [3.8, 4) is 0 Å². The Kier molecular flexibility index (Phi) is 3.06. The fourth-order valence-electron chi connectivity index (χ4n) is 1.39. The van der Waals surface area contributed by atoms with Gasteiger partial charge in [-0.3, -0.25) is 4.79 Å². The summed E-state index contributed by atoms with van der Waals surface area (Å²) >= 11 is 5.74. The number of pyridine rings is 1. The van der Waals surface area contributed by atoms with Crippen LogP contribution >= 0.6 is 11.6 Å². The number of nitrogens with zero attached hydrogens (tertiary/aromatic N) is 1. The third-order valence-electron chi connectivity index (χ3n) is 2.24. The molecule has 1 aromatic heterocycles. The van der Waals surface area contributed by atoms with Crippen molar-refractivity contribution >= 4 is 23.2 Å². The number of nitrogen functional groups attached to an aromatic ring is 1. The molecule has 5 heteroatoms. The molecular formula is C12H8ClFN2O. The minimum atomic E-state index is -0.404. The number of rotatable bonds is 2. The van der Waals surface area contributed by atoms with Gasteiger partial charge in [-0.15, -0.1) is 0 Å². The van der Waals surface area contributed by atoms with Crippen molar-refractivity contribution in [2.24, 2.45) is 0 Å². The topological polar surface area (TPSA) is 56.0 Å². The summed E-state index contributed by atoms with van der Waals surface area (Å²) < 4.78 is 12.7. The van der Waals surface area contributed by atoms with Crippen LogP contribution in [0.25, 0.3) is 0 Å². The van der Waals surface area contributed by atoms with Gasteiger partial charge in [0.15, 0.2) is 5.78 Å². The van der Waals surface area contributed by atoms with Crippen molar-refractivity contribution in [1.29, 1.82) is 0 Å². The number of anilines is 1. The molecular weight excluding hydrogens is 243 g/mol. The molecule has 86 valence electrons. The normalized spacial score (nSPS) is 10.2. The van der Waals surface area contributed by atoms with Crippen LogP contribution in [0.2, 0.25) is 5.02 Å². The van der Waals surface area contributed by atoms with Gasteiger partial charge < -0.3 is 5.73 Å². The second kappa shape index (κ2) is 4.51. The molecule has 0 unspecified atom stereocenters. The summed E-state index contributed by atoms with van der Waals surface area (Å²) in [6.45, 7) is 0. The minimum absolute atomic E-state index is 0.101. The maximum atomic E-state index is 12.7. The monoisotopic (exact) mass is 250 g/mol. The smallest absolute Gasteiger partial charge is 0.196 e. The van der Waals surface area contributed by atoms with Gasteiger partial charge in [0.1, 0.15) is 11.6 Å². The highest BCUT2D eigenvalue weighted by molar-refractivity contribution is 6.31. The van der Waals surface area contributed by atoms with Crippen LogP contribution in [0, 0.1) is 5.82 Å². The number of aromatic nitrogens is 1. The highest BCUT2D eigenvalue weighted by Gasteiger charge is 2.13. The summed E-state index contributed by atoms with van der Waals surface area (Å²) in [5.74, 6) is -0.639. The Morgan fingerprint density at radius 1 is 1.29 bits per heavy atom. The van der Waals surface area contributed by atoms with Gasteiger partial charge in [0.05, 0.1) is 10.6 Å². The molecule has 3 nitrogen and oxygen atoms in total. The van der Waals surface area contributed by atoms with Crippen LogP contribution in [0.15, 0.2) is 36.5 Å². The zero-order chi connectivity index (χ0) is 12.4. The molecule has 0 aliphatic rings. The number of carbonyl (C=O) groups is 1. The van der Waals surface area contributed by atoms with Gasteiger partial charge in [-0.05, 0) is 30.3 Å². The lowest BCUT2D eigenvalue weighted by Crippen LogP contribution is -2.07. The average Bonchev–Trinajstić information content (AvgIpc) is 2.32. The maximum Gasteiger partial charge on any atom is 0.196 e. The first kappa shape index (κ1) is 11.5. The van der Waals surface area contributed by atoms with Crippen LogP contribution in [0.5, 0.6) is 0 Å². The summed E-state index contributed by atoms with van der Waals surface area (Å²) in [7, 11) is 0. The zero-order valence-corrected chi connectivity index (χ0v) is 9.41. The molecule has 0 aliphatic heterocycles. The maximum absolute atomic E-state index is 12.7. The second-order valence-corrected chi connectivity index (χ2v) is 3.86. The fraction of sp³-hybridized carbons (Fsp3) is 0. The molecule has 1 heterocycles. The van der Waals surface area contributed by atoms with E-state index >= 15 is 0 Å². The number of carbonyl (C=O) groups excluding carboxylic acids is 1. The van der Waals surface area contributed by atoms with Crippen molar-refractivity contribution in [3.05, 3.63) is 58.5 Å². The van der Waals surface area contributed by atoms with E-state index in [0.717, 1.165) is 0 Å². The first-order chi connectivity index (χ1) is 8.08. The van der Waals surface area contributed by atoms with E-state index in [-0.39, 0.29) is 17.2 Å². The Hall–Kier alpha value is -1.94. The van der Waals surface area contributed by atoms with Crippen molar-refractivity contribution in [1.82, 2.24) is 4.98 Å². The molecule has 2 rings (SSSR count). The lowest BCUT2D eigenvalue weighted by Gasteiger charge is -2.04. The van der Waals surface area contributed by atoms with Crippen LogP contribution < -0.4 is 5.73 Å². The van der Waals surface area contributed by atoms with Crippen LogP contribution in [0.3, 0.4) is 0 Å². The van der Waals surface area contributed by atoms with Gasteiger partial charge in [-0.1, -0.05) is 11.6 Å². The van der Waals surface area contributed by atoms with Crippen molar-refractivity contribution < 1.29 is 9.18 Å². The predicted molar refractivity (Wildman–Crippen MR) is 63.5 cm³/mol. The lowest BCUT2D eigenvalue weighted by atomic mass is 10.0. The van der Waals surface area contributed by atoms with E-state index in [2.05, 4.69) is 4.98 Å². The summed E-state index contributed by atoms with van der Waals surface area (Å²) in [5.41, 5.74) is 6.14. The number of hydrogen-bond acceptors (Lipinski definition) is 3. The average molecular weight is 251 g/mol. The van der Waals surface area contributed by atoms with Crippen LogP contribution in [0.4, 0.5) is 10.2 Å². The van der Waals surface area contributed by atoms with E-state index < -0.39 is 5.82 Å². The molecule has 0 aliphatic carbocycles. The third-order valence-corrected chi connectivity index (χ3v) is 2.44. The van der Waals surface area contributed by atoms with Crippen LogP contribution in [0.1, 0.15) is 15.9 Å². The van der Waals surface area contributed by atoms with E-state index in [4.69, 9.17) is 17.3 Å². The highest BCUT2D eigenvalue weighted by Crippen LogP contribution is 2.18. The van der Waals surface area contributed by atoms with E-state index in [1.165, 1.54) is 36.5 Å². The molecule has 0 saturated heterocycles. The Bertz CT molecular complexity index is 569. The predicted octanol–water partition coefficient (Wildman–Crippen LogP) is 2.69. The standard InChI is InChI=1S/C12H8ClFN2O/c13-8-5-10(12(15)16-6-8)11(17)7-1-3-9(14)4-2-7/h1-6H,(H2,15,16). The minimum Gasteiger partial charge on any atom is -0.383 e. The first-order valence-corrected chi connectivity index (χ1v) is 5.17. The van der Waals surface area contributed by atoms with Crippen molar-refractivity contribution in [2.45, 2.75) is 0 Å². The van der Waals surface area contributed by atoms with Gasteiger partial charge in [-0.25, -0.2) is 9.37 Å². The molecule has 0 radical (unpaired) electrons. The van der Waals surface area contributed by atoms with E-state index in [1.54, 1.807) is 0 Å². The van der Waals surface area contributed by atoms with Crippen molar-refractivity contribution in [3.63, 3.8) is 0 Å². The van der Waals surface area contributed by atoms with E-state index in [0.29, 0.717) is 10.6 Å². The van der Waals surface area contributed by atoms with Crippen molar-refractivity contribution in [2.75, 3.05) is 5.73 Å². The molecule has 1 aromatic carbocycles. The van der Waals surface area contributed by atoms with Gasteiger partial charge in [0.25, 0.3) is 0 Å². The molecule has 0 saturated carbocycles. The zero-order valence-electron chi connectivity index (χ0n) is 8.65. The molecule has 2 aromatic rings. The first-order valence-electron chi connectivity index (χ1n) is 4.79. The molecule has 0 bridgehead atoms. The highest BCUT2D eigenvalue weighted by atomic mass is 35.5. The number of benzene rings is 1. The number of nitrogens with two attached hydrogens (primary N) is 1. The molecule has 2 N–H and O–H groups in total. The molecule has 0 atom stereocenters. The second-order valence-electron chi connectivity index (χ2n) is 3.42. The summed E-state index contributed by atoms with van der Waals surface area (Å²) in [6.07, 6.45) is 1.36. The van der Waals surface area contributed by atoms with Gasteiger partial charge in [0, 0.05) is 11.8 Å². The Morgan fingerprint density at radius 3 is 2.59 bits per heavy atom. The Labute approximate surface area is 102 Å². The van der Waals surface area contributed by atoms with Gasteiger partial charge in [0.2, 0.25) is 0 Å².